The number of fused-ring (bicyclic) bond motifs is 1. The van der Waals surface area contributed by atoms with Crippen molar-refractivity contribution >= 4 is 11.6 Å². The maximum Gasteiger partial charge on any atom is 0.171 e. The molecule has 0 radical (unpaired) electrons. The molecule has 0 unspecified atom stereocenters. The molecule has 0 spiro atoms. The summed E-state index contributed by atoms with van der Waals surface area (Å²) in [5, 5.41) is 0. The van der Waals surface area contributed by atoms with Crippen LogP contribution in [0.5, 0.6) is 5.75 Å². The van der Waals surface area contributed by atoms with Crippen LogP contribution < -0.4 is 4.74 Å². The van der Waals surface area contributed by atoms with Crippen LogP contribution in [-0.2, 0) is 0 Å². The molecule has 1 aliphatic carbocycles. The third kappa shape index (κ3) is 1.31. The zero-order chi connectivity index (χ0) is 10.1. The van der Waals surface area contributed by atoms with Crippen LogP contribution >= 0.6 is 0 Å². The molecule has 0 atom stereocenters. The second kappa shape index (κ2) is 3.25. The second-order valence-electron chi connectivity index (χ2n) is 3.16. The van der Waals surface area contributed by atoms with E-state index in [0.29, 0.717) is 23.5 Å². The van der Waals surface area contributed by atoms with E-state index < -0.39 is 0 Å². The smallest absolute Gasteiger partial charge is 0.171 e. The van der Waals surface area contributed by atoms with Gasteiger partial charge in [-0.3, -0.25) is 9.59 Å². The highest BCUT2D eigenvalue weighted by molar-refractivity contribution is 6.24. The maximum absolute atomic E-state index is 11.4. The summed E-state index contributed by atoms with van der Waals surface area (Å²) in [6, 6.07) is 5.03. The van der Waals surface area contributed by atoms with Crippen LogP contribution in [0.25, 0.3) is 0 Å². The number of carbonyl (C=O) groups excluding carboxylic acids is 2. The SMILES string of the molecule is CCOc1ccc2c(c1)C(=O)CC2=O. The van der Waals surface area contributed by atoms with Crippen molar-refractivity contribution in [2.24, 2.45) is 0 Å². The lowest BCUT2D eigenvalue weighted by Crippen LogP contribution is -1.95. The number of ketones is 2. The van der Waals surface area contributed by atoms with Crippen LogP contribution in [0.4, 0.5) is 0 Å². The van der Waals surface area contributed by atoms with Gasteiger partial charge in [0, 0.05) is 11.1 Å². The van der Waals surface area contributed by atoms with Gasteiger partial charge in [-0.05, 0) is 25.1 Å². The number of carbonyl (C=O) groups is 2. The standard InChI is InChI=1S/C11H10O3/c1-2-14-7-3-4-8-9(5-7)11(13)6-10(8)12/h3-5H,2,6H2,1H3. The fourth-order valence-corrected chi connectivity index (χ4v) is 1.59. The number of hydrogen-bond acceptors (Lipinski definition) is 3. The molecule has 0 bridgehead atoms. The Morgan fingerprint density at radius 2 is 1.93 bits per heavy atom. The number of ether oxygens (including phenoxy) is 1. The minimum Gasteiger partial charge on any atom is -0.494 e. The van der Waals surface area contributed by atoms with Gasteiger partial charge in [-0.1, -0.05) is 0 Å². The molecule has 0 N–H and O–H groups in total. The van der Waals surface area contributed by atoms with Crippen molar-refractivity contribution in [3.05, 3.63) is 29.3 Å². The monoisotopic (exact) mass is 190 g/mol. The van der Waals surface area contributed by atoms with Crippen molar-refractivity contribution in [3.63, 3.8) is 0 Å². The van der Waals surface area contributed by atoms with Crippen LogP contribution in [0.1, 0.15) is 34.1 Å². The second-order valence-corrected chi connectivity index (χ2v) is 3.16. The molecule has 1 aromatic carbocycles. The molecule has 1 aliphatic rings. The van der Waals surface area contributed by atoms with Crippen molar-refractivity contribution in [1.82, 2.24) is 0 Å². The van der Waals surface area contributed by atoms with Crippen molar-refractivity contribution in [2.45, 2.75) is 13.3 Å². The van der Waals surface area contributed by atoms with Crippen LogP contribution in [0.3, 0.4) is 0 Å². The summed E-state index contributed by atoms with van der Waals surface area (Å²) in [6.07, 6.45) is 0.00487. The number of benzene rings is 1. The number of rotatable bonds is 2. The molecule has 0 fully saturated rings. The largest absolute Gasteiger partial charge is 0.494 e. The fourth-order valence-electron chi connectivity index (χ4n) is 1.59. The summed E-state index contributed by atoms with van der Waals surface area (Å²) in [4.78, 5) is 22.6. The molecule has 3 heteroatoms. The van der Waals surface area contributed by atoms with Crippen molar-refractivity contribution < 1.29 is 14.3 Å². The zero-order valence-corrected chi connectivity index (χ0v) is 7.87. The van der Waals surface area contributed by atoms with Gasteiger partial charge in [0.1, 0.15) is 5.75 Å². The van der Waals surface area contributed by atoms with Gasteiger partial charge in [0.15, 0.2) is 11.6 Å². The number of hydrogen-bond donors (Lipinski definition) is 0. The lowest BCUT2D eigenvalue weighted by atomic mass is 10.1. The fraction of sp³-hybridized carbons (Fsp3) is 0.273. The molecule has 0 saturated carbocycles. The Morgan fingerprint density at radius 3 is 2.64 bits per heavy atom. The highest BCUT2D eigenvalue weighted by Crippen LogP contribution is 2.25. The lowest BCUT2D eigenvalue weighted by Gasteiger charge is -2.03. The third-order valence-corrected chi connectivity index (χ3v) is 2.22. The normalized spacial score (nSPS) is 14.4. The van der Waals surface area contributed by atoms with Gasteiger partial charge in [-0.25, -0.2) is 0 Å². The van der Waals surface area contributed by atoms with Crippen LogP contribution in [0, 0.1) is 0 Å². The Hall–Kier alpha value is -1.64. The third-order valence-electron chi connectivity index (χ3n) is 2.22. The molecule has 0 aliphatic heterocycles. The molecular formula is C11H10O3. The summed E-state index contributed by atoms with van der Waals surface area (Å²) in [5.41, 5.74) is 1.03. The average molecular weight is 190 g/mol. The lowest BCUT2D eigenvalue weighted by molar-refractivity contribution is 0.0923. The molecular weight excluding hydrogens is 180 g/mol. The Bertz CT molecular complexity index is 407. The predicted octanol–water partition coefficient (Wildman–Crippen LogP) is 1.85. The molecule has 72 valence electrons. The molecule has 1 aromatic rings. The zero-order valence-electron chi connectivity index (χ0n) is 7.87. The van der Waals surface area contributed by atoms with E-state index in [1.165, 1.54) is 0 Å². The molecule has 0 heterocycles. The first-order chi connectivity index (χ1) is 6.72. The summed E-state index contributed by atoms with van der Waals surface area (Å²) < 4.78 is 5.25. The van der Waals surface area contributed by atoms with E-state index in [0.717, 1.165) is 0 Å². The first-order valence-corrected chi connectivity index (χ1v) is 4.55. The van der Waals surface area contributed by atoms with E-state index in [9.17, 15) is 9.59 Å². The van der Waals surface area contributed by atoms with Crippen molar-refractivity contribution in [2.75, 3.05) is 6.61 Å². The molecule has 0 saturated heterocycles. The van der Waals surface area contributed by atoms with Gasteiger partial charge in [0.05, 0.1) is 13.0 Å². The molecule has 0 aromatic heterocycles. The summed E-state index contributed by atoms with van der Waals surface area (Å²) >= 11 is 0. The van der Waals surface area contributed by atoms with Gasteiger partial charge in [0.25, 0.3) is 0 Å². The van der Waals surface area contributed by atoms with Gasteiger partial charge in [-0.15, -0.1) is 0 Å². The van der Waals surface area contributed by atoms with E-state index in [-0.39, 0.29) is 18.0 Å². The minimum absolute atomic E-state index is 0.00487. The quantitative estimate of drug-likeness (QED) is 0.668. The summed E-state index contributed by atoms with van der Waals surface area (Å²) in [7, 11) is 0. The molecule has 3 nitrogen and oxygen atoms in total. The number of Topliss-reactive ketones (excluding diaryl/α,β-unsaturated/α-hetero) is 2. The van der Waals surface area contributed by atoms with Crippen LogP contribution in [-0.4, -0.2) is 18.2 Å². The van der Waals surface area contributed by atoms with Crippen LogP contribution in [0.15, 0.2) is 18.2 Å². The summed E-state index contributed by atoms with van der Waals surface area (Å²) in [6.45, 7) is 2.43. The maximum atomic E-state index is 11.4. The first kappa shape index (κ1) is 8.94. The van der Waals surface area contributed by atoms with Gasteiger partial charge < -0.3 is 4.74 Å². The Morgan fingerprint density at radius 1 is 1.21 bits per heavy atom. The molecule has 14 heavy (non-hydrogen) atoms. The molecule has 2 rings (SSSR count). The highest BCUT2D eigenvalue weighted by Gasteiger charge is 2.27. The Labute approximate surface area is 81.7 Å². The van der Waals surface area contributed by atoms with Gasteiger partial charge >= 0.3 is 0 Å². The summed E-state index contributed by atoms with van der Waals surface area (Å²) in [5.74, 6) is 0.453. The topological polar surface area (TPSA) is 43.4 Å². The van der Waals surface area contributed by atoms with E-state index in [1.54, 1.807) is 18.2 Å². The van der Waals surface area contributed by atoms with Crippen molar-refractivity contribution in [3.8, 4) is 5.75 Å². The highest BCUT2D eigenvalue weighted by atomic mass is 16.5. The minimum atomic E-state index is -0.105. The van der Waals surface area contributed by atoms with E-state index in [2.05, 4.69) is 0 Å². The Balaban J connectivity index is 2.44. The predicted molar refractivity (Wildman–Crippen MR) is 50.9 cm³/mol. The van der Waals surface area contributed by atoms with E-state index in [1.807, 2.05) is 6.92 Å². The Kier molecular flexibility index (Phi) is 2.08. The van der Waals surface area contributed by atoms with E-state index >= 15 is 0 Å². The average Bonchev–Trinajstić information content (AvgIpc) is 2.43. The van der Waals surface area contributed by atoms with Gasteiger partial charge in [-0.2, -0.15) is 0 Å². The first-order valence-electron chi connectivity index (χ1n) is 4.55. The molecule has 0 amide bonds. The van der Waals surface area contributed by atoms with Crippen molar-refractivity contribution in [1.29, 1.82) is 0 Å². The van der Waals surface area contributed by atoms with Crippen LogP contribution in [0.2, 0.25) is 0 Å². The van der Waals surface area contributed by atoms with E-state index in [4.69, 9.17) is 4.74 Å². The van der Waals surface area contributed by atoms with Gasteiger partial charge in [0.2, 0.25) is 0 Å².